The number of hydrogen-bond donors (Lipinski definition) is 1. The van der Waals surface area contributed by atoms with Crippen LogP contribution in [0.25, 0.3) is 0 Å². The summed E-state index contributed by atoms with van der Waals surface area (Å²) in [5, 5.41) is 7.10. The summed E-state index contributed by atoms with van der Waals surface area (Å²) in [6, 6.07) is 1.56. The van der Waals surface area contributed by atoms with Gasteiger partial charge in [0.1, 0.15) is 12.0 Å². The normalized spacial score (nSPS) is 30.3. The van der Waals surface area contributed by atoms with Gasteiger partial charge in [-0.15, -0.1) is 0 Å². The van der Waals surface area contributed by atoms with Gasteiger partial charge in [-0.2, -0.15) is 4.31 Å². The van der Waals surface area contributed by atoms with Crippen LogP contribution in [-0.2, 0) is 20.6 Å². The summed E-state index contributed by atoms with van der Waals surface area (Å²) in [6.07, 6.45) is 5.75. The van der Waals surface area contributed by atoms with Gasteiger partial charge >= 0.3 is 0 Å². The highest BCUT2D eigenvalue weighted by Crippen LogP contribution is 2.45. The summed E-state index contributed by atoms with van der Waals surface area (Å²) >= 11 is 0. The average Bonchev–Trinajstić information content (AvgIpc) is 3.30. The molecule has 8 nitrogen and oxygen atoms in total. The lowest BCUT2D eigenvalue weighted by atomic mass is 9.67. The Morgan fingerprint density at radius 2 is 2.12 bits per heavy atom. The van der Waals surface area contributed by atoms with E-state index in [4.69, 9.17) is 4.52 Å². The number of fused-ring (bicyclic) bond motifs is 1. The molecule has 3 heterocycles. The largest absolute Gasteiger partial charge is 0.364 e. The minimum Gasteiger partial charge on any atom is -0.364 e. The monoisotopic (exact) mass is 382 g/mol. The Morgan fingerprint density at radius 1 is 1.31 bits per heavy atom. The SMILES string of the molecule is O=C(N1CCN(S(=O)(=O)Cc2ccon2)CC1)[C@@]12CCCC[C@H]1CNC2. The lowest BCUT2D eigenvalue weighted by molar-refractivity contribution is -0.146. The van der Waals surface area contributed by atoms with Crippen LogP contribution in [0.4, 0.5) is 0 Å². The minimum absolute atomic E-state index is 0.159. The smallest absolute Gasteiger partial charge is 0.230 e. The summed E-state index contributed by atoms with van der Waals surface area (Å²) in [6.45, 7) is 3.32. The van der Waals surface area contributed by atoms with Crippen LogP contribution >= 0.6 is 0 Å². The summed E-state index contributed by atoms with van der Waals surface area (Å²) in [5.41, 5.74) is 0.143. The maximum Gasteiger partial charge on any atom is 0.230 e. The average molecular weight is 382 g/mol. The highest BCUT2D eigenvalue weighted by atomic mass is 32.2. The third-order valence-electron chi connectivity index (χ3n) is 6.20. The highest BCUT2D eigenvalue weighted by Gasteiger charge is 2.51. The molecular formula is C17H26N4O4S. The number of carbonyl (C=O) groups is 1. The van der Waals surface area contributed by atoms with Gasteiger partial charge in [-0.05, 0) is 25.3 Å². The zero-order valence-electron chi connectivity index (χ0n) is 14.9. The lowest BCUT2D eigenvalue weighted by Crippen LogP contribution is -2.56. The number of carbonyl (C=O) groups excluding carboxylic acids is 1. The number of hydrogen-bond acceptors (Lipinski definition) is 6. The number of amides is 1. The van der Waals surface area contributed by atoms with Gasteiger partial charge in [0, 0.05) is 38.8 Å². The fraction of sp³-hybridized carbons (Fsp3) is 0.765. The van der Waals surface area contributed by atoms with Gasteiger partial charge in [0.2, 0.25) is 15.9 Å². The Bertz CT molecular complexity index is 743. The first-order chi connectivity index (χ1) is 12.5. The lowest BCUT2D eigenvalue weighted by Gasteiger charge is -2.43. The first kappa shape index (κ1) is 17.9. The van der Waals surface area contributed by atoms with Crippen molar-refractivity contribution in [3.8, 4) is 0 Å². The number of nitrogens with one attached hydrogen (secondary N) is 1. The van der Waals surface area contributed by atoms with Crippen molar-refractivity contribution in [3.05, 3.63) is 18.0 Å². The Morgan fingerprint density at radius 3 is 2.85 bits per heavy atom. The van der Waals surface area contributed by atoms with Crippen LogP contribution in [0, 0.1) is 11.3 Å². The molecule has 0 radical (unpaired) electrons. The molecule has 1 saturated carbocycles. The van der Waals surface area contributed by atoms with Crippen LogP contribution < -0.4 is 5.32 Å². The second-order valence-corrected chi connectivity index (χ2v) is 9.64. The molecule has 0 bridgehead atoms. The molecule has 1 N–H and O–H groups in total. The summed E-state index contributed by atoms with van der Waals surface area (Å²) in [5.74, 6) is 0.492. The van der Waals surface area contributed by atoms with E-state index >= 15 is 0 Å². The van der Waals surface area contributed by atoms with Crippen LogP contribution in [0.2, 0.25) is 0 Å². The van der Waals surface area contributed by atoms with E-state index in [9.17, 15) is 13.2 Å². The van der Waals surface area contributed by atoms with E-state index in [1.54, 1.807) is 6.07 Å². The summed E-state index contributed by atoms with van der Waals surface area (Å²) < 4.78 is 31.3. The first-order valence-electron chi connectivity index (χ1n) is 9.38. The van der Waals surface area contributed by atoms with E-state index in [0.29, 0.717) is 37.8 Å². The van der Waals surface area contributed by atoms with E-state index < -0.39 is 10.0 Å². The van der Waals surface area contributed by atoms with E-state index in [1.807, 2.05) is 4.90 Å². The van der Waals surface area contributed by atoms with Crippen LogP contribution in [-0.4, -0.2) is 68.0 Å². The molecule has 0 aromatic carbocycles. The third-order valence-corrected chi connectivity index (χ3v) is 8.02. The molecule has 144 valence electrons. The van der Waals surface area contributed by atoms with Crippen LogP contribution in [0.1, 0.15) is 31.4 Å². The van der Waals surface area contributed by atoms with E-state index in [1.165, 1.54) is 17.0 Å². The van der Waals surface area contributed by atoms with Gasteiger partial charge in [0.05, 0.1) is 11.1 Å². The number of piperazine rings is 1. The number of rotatable bonds is 4. The Labute approximate surface area is 153 Å². The highest BCUT2D eigenvalue weighted by molar-refractivity contribution is 7.88. The molecule has 1 amide bonds. The van der Waals surface area contributed by atoms with Gasteiger partial charge in [0.15, 0.2) is 0 Å². The van der Waals surface area contributed by atoms with E-state index in [0.717, 1.165) is 32.4 Å². The fourth-order valence-electron chi connectivity index (χ4n) is 4.74. The van der Waals surface area contributed by atoms with Crippen LogP contribution in [0.5, 0.6) is 0 Å². The van der Waals surface area contributed by atoms with E-state index in [-0.39, 0.29) is 17.1 Å². The quantitative estimate of drug-likeness (QED) is 0.811. The molecule has 4 rings (SSSR count). The molecular weight excluding hydrogens is 356 g/mol. The number of sulfonamides is 1. The zero-order chi connectivity index (χ0) is 18.2. The standard InChI is InChI=1S/C17H26N4O4S/c22-16(17-5-2-1-3-14(17)11-18-13-17)20-6-8-21(9-7-20)26(23,24)12-15-4-10-25-19-15/h4,10,14,18H,1-3,5-9,11-13H2/t14-,17+/m0/s1. The van der Waals surface area contributed by atoms with Gasteiger partial charge in [0.25, 0.3) is 0 Å². The van der Waals surface area contributed by atoms with Crippen molar-refractivity contribution in [2.75, 3.05) is 39.3 Å². The molecule has 0 unspecified atom stereocenters. The Balaban J connectivity index is 1.39. The zero-order valence-corrected chi connectivity index (χ0v) is 15.7. The number of aromatic nitrogens is 1. The van der Waals surface area contributed by atoms with Crippen molar-refractivity contribution >= 4 is 15.9 Å². The van der Waals surface area contributed by atoms with Crippen molar-refractivity contribution in [3.63, 3.8) is 0 Å². The molecule has 2 atom stereocenters. The minimum atomic E-state index is -3.44. The molecule has 3 aliphatic rings. The van der Waals surface area contributed by atoms with Crippen molar-refractivity contribution in [1.29, 1.82) is 0 Å². The predicted molar refractivity (Wildman–Crippen MR) is 94.5 cm³/mol. The molecule has 1 aromatic heterocycles. The van der Waals surface area contributed by atoms with Gasteiger partial charge in [-0.25, -0.2) is 8.42 Å². The van der Waals surface area contributed by atoms with Crippen LogP contribution in [0.3, 0.4) is 0 Å². The Hall–Kier alpha value is -1.45. The third kappa shape index (κ3) is 3.16. The maximum atomic E-state index is 13.3. The fourth-order valence-corrected chi connectivity index (χ4v) is 6.17. The second kappa shape index (κ2) is 6.94. The van der Waals surface area contributed by atoms with Gasteiger partial charge < -0.3 is 14.7 Å². The van der Waals surface area contributed by atoms with Crippen molar-refractivity contribution in [2.45, 2.75) is 31.4 Å². The molecule has 2 saturated heterocycles. The molecule has 3 fully saturated rings. The summed E-state index contributed by atoms with van der Waals surface area (Å²) in [4.78, 5) is 15.1. The van der Waals surface area contributed by atoms with Gasteiger partial charge in [-0.3, -0.25) is 4.79 Å². The number of nitrogens with zero attached hydrogens (tertiary/aromatic N) is 3. The van der Waals surface area contributed by atoms with Gasteiger partial charge in [-0.1, -0.05) is 18.0 Å². The molecule has 0 spiro atoms. The predicted octanol–water partition coefficient (Wildman–Crippen LogP) is 0.428. The van der Waals surface area contributed by atoms with Crippen molar-refractivity contribution in [2.24, 2.45) is 11.3 Å². The maximum absolute atomic E-state index is 13.3. The topological polar surface area (TPSA) is 95.8 Å². The first-order valence-corrected chi connectivity index (χ1v) is 11.0. The molecule has 1 aliphatic carbocycles. The molecule has 26 heavy (non-hydrogen) atoms. The molecule has 9 heteroatoms. The second-order valence-electron chi connectivity index (χ2n) is 7.67. The van der Waals surface area contributed by atoms with Crippen molar-refractivity contribution < 1.29 is 17.7 Å². The molecule has 2 aliphatic heterocycles. The Kier molecular flexibility index (Phi) is 4.79. The molecule has 1 aromatic rings. The van der Waals surface area contributed by atoms with Crippen LogP contribution in [0.15, 0.2) is 16.9 Å². The summed E-state index contributed by atoms with van der Waals surface area (Å²) in [7, 11) is -3.44. The van der Waals surface area contributed by atoms with Crippen molar-refractivity contribution in [1.82, 2.24) is 19.7 Å². The van der Waals surface area contributed by atoms with E-state index in [2.05, 4.69) is 10.5 Å².